The zero-order valence-electron chi connectivity index (χ0n) is 20.5. The first-order valence-electron chi connectivity index (χ1n) is 12.2. The molecular weight excluding hydrogens is 467 g/mol. The van der Waals surface area contributed by atoms with E-state index in [4.69, 9.17) is 14.2 Å². The maximum Gasteiger partial charge on any atom is 0.322 e. The molecule has 0 spiro atoms. The Morgan fingerprint density at radius 3 is 2.64 bits per heavy atom. The lowest BCUT2D eigenvalue weighted by Gasteiger charge is -2.36. The third-order valence-corrected chi connectivity index (χ3v) is 6.34. The molecule has 2 aromatic carbocycles. The summed E-state index contributed by atoms with van der Waals surface area (Å²) < 4.78 is 30.0. The van der Waals surface area contributed by atoms with E-state index < -0.39 is 0 Å². The van der Waals surface area contributed by atoms with Crippen LogP contribution in [0, 0.1) is 5.82 Å². The van der Waals surface area contributed by atoms with Crippen molar-refractivity contribution in [3.05, 3.63) is 59.9 Å². The van der Waals surface area contributed by atoms with Gasteiger partial charge < -0.3 is 29.3 Å². The summed E-state index contributed by atoms with van der Waals surface area (Å²) in [6.07, 6.45) is -0.344. The monoisotopic (exact) mass is 500 g/mol. The molecule has 0 bridgehead atoms. The molecule has 2 aliphatic heterocycles. The number of rotatable bonds is 8. The van der Waals surface area contributed by atoms with Gasteiger partial charge in [0.15, 0.2) is 0 Å². The zero-order valence-corrected chi connectivity index (χ0v) is 20.5. The van der Waals surface area contributed by atoms with Gasteiger partial charge in [-0.15, -0.1) is 0 Å². The first-order valence-corrected chi connectivity index (χ1v) is 12.2. The highest BCUT2D eigenvalue weighted by Crippen LogP contribution is 2.18. The Hall–Kier alpha value is -3.21. The van der Waals surface area contributed by atoms with Crippen LogP contribution < -0.4 is 10.1 Å². The van der Waals surface area contributed by atoms with Gasteiger partial charge >= 0.3 is 6.03 Å². The second-order valence-corrected chi connectivity index (χ2v) is 8.81. The lowest BCUT2D eigenvalue weighted by atomic mass is 10.1. The van der Waals surface area contributed by atoms with Crippen LogP contribution in [0.4, 0.5) is 14.9 Å². The number of halogens is 1. The fourth-order valence-corrected chi connectivity index (χ4v) is 4.30. The predicted molar refractivity (Wildman–Crippen MR) is 133 cm³/mol. The van der Waals surface area contributed by atoms with Crippen LogP contribution in [0.3, 0.4) is 0 Å². The van der Waals surface area contributed by atoms with Gasteiger partial charge in [-0.1, -0.05) is 6.07 Å². The average molecular weight is 501 g/mol. The molecule has 4 rings (SSSR count). The predicted octanol–water partition coefficient (Wildman–Crippen LogP) is 2.54. The van der Waals surface area contributed by atoms with Crippen molar-refractivity contribution in [1.82, 2.24) is 14.7 Å². The van der Waals surface area contributed by atoms with Crippen molar-refractivity contribution in [1.29, 1.82) is 0 Å². The second-order valence-electron chi connectivity index (χ2n) is 8.81. The van der Waals surface area contributed by atoms with Crippen LogP contribution in [-0.4, -0.2) is 105 Å². The molecule has 0 saturated carbocycles. The molecule has 0 aliphatic carbocycles. The summed E-state index contributed by atoms with van der Waals surface area (Å²) in [4.78, 5) is 31.9. The van der Waals surface area contributed by atoms with Crippen molar-refractivity contribution < 1.29 is 28.2 Å². The summed E-state index contributed by atoms with van der Waals surface area (Å²) in [6.45, 7) is 5.67. The van der Waals surface area contributed by atoms with Crippen LogP contribution >= 0.6 is 0 Å². The smallest absolute Gasteiger partial charge is 0.322 e. The number of hydrogen-bond donors (Lipinski definition) is 1. The van der Waals surface area contributed by atoms with Gasteiger partial charge in [0.25, 0.3) is 5.91 Å². The number of urea groups is 1. The topological polar surface area (TPSA) is 83.6 Å². The van der Waals surface area contributed by atoms with E-state index >= 15 is 0 Å². The Labute approximate surface area is 210 Å². The van der Waals surface area contributed by atoms with Crippen LogP contribution in [-0.2, 0) is 9.47 Å². The molecule has 2 fully saturated rings. The highest BCUT2D eigenvalue weighted by molar-refractivity contribution is 5.94. The van der Waals surface area contributed by atoms with Crippen LogP contribution in [0.25, 0.3) is 0 Å². The van der Waals surface area contributed by atoms with Crippen LogP contribution in [0.2, 0.25) is 0 Å². The molecule has 36 heavy (non-hydrogen) atoms. The molecule has 1 unspecified atom stereocenters. The minimum Gasteiger partial charge on any atom is -0.497 e. The summed E-state index contributed by atoms with van der Waals surface area (Å²) in [5, 5.41) is 2.90. The molecule has 3 amide bonds. The van der Waals surface area contributed by atoms with Crippen molar-refractivity contribution in [2.24, 2.45) is 0 Å². The van der Waals surface area contributed by atoms with Gasteiger partial charge in [0, 0.05) is 56.6 Å². The number of ether oxygens (including phenoxy) is 3. The van der Waals surface area contributed by atoms with Crippen molar-refractivity contribution in [3.63, 3.8) is 0 Å². The Balaban J connectivity index is 1.39. The Morgan fingerprint density at radius 2 is 1.89 bits per heavy atom. The molecule has 9 nitrogen and oxygen atoms in total. The highest BCUT2D eigenvalue weighted by atomic mass is 19.1. The van der Waals surface area contributed by atoms with Crippen molar-refractivity contribution in [2.75, 3.05) is 78.1 Å². The number of anilines is 1. The quantitative estimate of drug-likeness (QED) is 0.600. The summed E-state index contributed by atoms with van der Waals surface area (Å²) in [6, 6.07) is 12.5. The van der Waals surface area contributed by atoms with Gasteiger partial charge in [-0.3, -0.25) is 9.69 Å². The number of nitrogens with zero attached hydrogens (tertiary/aromatic N) is 3. The van der Waals surface area contributed by atoms with Gasteiger partial charge in [0.1, 0.15) is 11.6 Å². The molecule has 2 aromatic rings. The molecular formula is C26H33FN4O5. The summed E-state index contributed by atoms with van der Waals surface area (Å²) in [5.74, 6) is 0.0763. The fraction of sp³-hybridized carbons (Fsp3) is 0.462. The molecule has 0 radical (unpaired) electrons. The molecule has 1 atom stereocenters. The Morgan fingerprint density at radius 1 is 1.11 bits per heavy atom. The number of carbonyl (C=O) groups excluding carboxylic acids is 2. The summed E-state index contributed by atoms with van der Waals surface area (Å²) in [7, 11) is 1.57. The number of benzene rings is 2. The second kappa shape index (κ2) is 12.7. The van der Waals surface area contributed by atoms with Gasteiger partial charge in [-0.2, -0.15) is 0 Å². The number of carbonyl (C=O) groups is 2. The fourth-order valence-electron chi connectivity index (χ4n) is 4.30. The molecule has 2 saturated heterocycles. The van der Waals surface area contributed by atoms with Gasteiger partial charge in [0.05, 0.1) is 39.6 Å². The first-order chi connectivity index (χ1) is 17.5. The van der Waals surface area contributed by atoms with E-state index in [1.807, 2.05) is 12.1 Å². The normalized spacial score (nSPS) is 18.5. The number of nitrogens with one attached hydrogen (secondary N) is 1. The van der Waals surface area contributed by atoms with E-state index in [9.17, 15) is 14.0 Å². The molecule has 10 heteroatoms. The lowest BCUT2D eigenvalue weighted by molar-refractivity contribution is -0.0282. The maximum atomic E-state index is 13.4. The Bertz CT molecular complexity index is 1020. The van der Waals surface area contributed by atoms with Gasteiger partial charge in [-0.05, 0) is 36.4 Å². The maximum absolute atomic E-state index is 13.4. The number of hydrogen-bond acceptors (Lipinski definition) is 6. The number of methoxy groups -OCH3 is 1. The SMILES string of the molecule is COc1cccc(NC(=O)N2CCOC(CN(CCN3CCOCC3)C(=O)c3ccc(F)cc3)C2)c1. The van der Waals surface area contributed by atoms with Gasteiger partial charge in [-0.25, -0.2) is 9.18 Å². The van der Waals surface area contributed by atoms with Crippen molar-refractivity contribution in [2.45, 2.75) is 6.10 Å². The van der Waals surface area contributed by atoms with Crippen LogP contribution in [0.15, 0.2) is 48.5 Å². The highest BCUT2D eigenvalue weighted by Gasteiger charge is 2.28. The van der Waals surface area contributed by atoms with Crippen LogP contribution in [0.1, 0.15) is 10.4 Å². The average Bonchev–Trinajstić information content (AvgIpc) is 2.92. The molecule has 0 aromatic heterocycles. The summed E-state index contributed by atoms with van der Waals surface area (Å²) >= 11 is 0. The molecule has 2 heterocycles. The van der Waals surface area contributed by atoms with Crippen molar-refractivity contribution >= 4 is 17.6 Å². The van der Waals surface area contributed by atoms with E-state index in [0.29, 0.717) is 69.5 Å². The lowest BCUT2D eigenvalue weighted by Crippen LogP contribution is -2.52. The molecule has 2 aliphatic rings. The minimum atomic E-state index is -0.389. The zero-order chi connectivity index (χ0) is 25.3. The first kappa shape index (κ1) is 25.9. The number of amides is 3. The largest absolute Gasteiger partial charge is 0.497 e. The van der Waals surface area contributed by atoms with Crippen molar-refractivity contribution in [3.8, 4) is 5.75 Å². The molecule has 1 N–H and O–H groups in total. The van der Waals surface area contributed by atoms with E-state index in [2.05, 4.69) is 10.2 Å². The van der Waals surface area contributed by atoms with E-state index in [-0.39, 0.29) is 23.9 Å². The van der Waals surface area contributed by atoms with Gasteiger partial charge in [0.2, 0.25) is 0 Å². The van der Waals surface area contributed by atoms with E-state index in [0.717, 1.165) is 13.1 Å². The third-order valence-electron chi connectivity index (χ3n) is 6.34. The molecule has 194 valence electrons. The van der Waals surface area contributed by atoms with E-state index in [1.165, 1.54) is 24.3 Å². The number of morpholine rings is 2. The van der Waals surface area contributed by atoms with E-state index in [1.54, 1.807) is 29.0 Å². The standard InChI is InChI=1S/C26H33FN4O5/c1-34-23-4-2-3-22(17-23)28-26(33)31-13-16-36-24(19-31)18-30(10-9-29-11-14-35-15-12-29)25(32)20-5-7-21(27)8-6-20/h2-8,17,24H,9-16,18-19H2,1H3,(H,28,33). The minimum absolute atomic E-state index is 0.190. The third kappa shape index (κ3) is 7.16. The van der Waals surface area contributed by atoms with Crippen LogP contribution in [0.5, 0.6) is 5.75 Å². The Kier molecular flexibility index (Phi) is 9.10. The summed E-state index contributed by atoms with van der Waals surface area (Å²) in [5.41, 5.74) is 1.06.